The maximum atomic E-state index is 8.40. The van der Waals surface area contributed by atoms with E-state index in [9.17, 15) is 0 Å². The standard InChI is InChI=1S/C8H15NO/c1-4-8(9-10)6-5-7(2)3/h5,10H,4,6H2,1-3H3/b9-8-. The van der Waals surface area contributed by atoms with Crippen LogP contribution in [-0.2, 0) is 0 Å². The average molecular weight is 141 g/mol. The molecule has 0 unspecified atom stereocenters. The van der Waals surface area contributed by atoms with Crippen LogP contribution in [0.25, 0.3) is 0 Å². The summed E-state index contributed by atoms with van der Waals surface area (Å²) in [6.07, 6.45) is 3.65. The first-order chi connectivity index (χ1) is 4.70. The van der Waals surface area contributed by atoms with Crippen LogP contribution in [0.15, 0.2) is 16.8 Å². The second-order valence-corrected chi connectivity index (χ2v) is 2.51. The van der Waals surface area contributed by atoms with Crippen LogP contribution in [0.5, 0.6) is 0 Å². The average Bonchev–Trinajstić information content (AvgIpc) is 1.90. The van der Waals surface area contributed by atoms with Gasteiger partial charge in [-0.25, -0.2) is 0 Å². The van der Waals surface area contributed by atoms with Gasteiger partial charge in [-0.3, -0.25) is 0 Å². The summed E-state index contributed by atoms with van der Waals surface area (Å²) in [4.78, 5) is 0. The van der Waals surface area contributed by atoms with E-state index in [1.165, 1.54) is 5.57 Å². The van der Waals surface area contributed by atoms with Gasteiger partial charge in [0, 0.05) is 6.42 Å². The van der Waals surface area contributed by atoms with Crippen molar-refractivity contribution in [1.82, 2.24) is 0 Å². The lowest BCUT2D eigenvalue weighted by atomic mass is 10.2. The number of hydrogen-bond donors (Lipinski definition) is 1. The molecule has 1 N–H and O–H groups in total. The number of rotatable bonds is 3. The van der Waals surface area contributed by atoms with Crippen molar-refractivity contribution in [2.45, 2.75) is 33.6 Å². The second kappa shape index (κ2) is 5.03. The topological polar surface area (TPSA) is 32.6 Å². The highest BCUT2D eigenvalue weighted by molar-refractivity contribution is 5.84. The van der Waals surface area contributed by atoms with Gasteiger partial charge in [0.05, 0.1) is 5.71 Å². The predicted molar refractivity (Wildman–Crippen MR) is 43.6 cm³/mol. The van der Waals surface area contributed by atoms with E-state index in [0.717, 1.165) is 18.6 Å². The van der Waals surface area contributed by atoms with Crippen molar-refractivity contribution >= 4 is 5.71 Å². The minimum absolute atomic E-state index is 0.773. The molecule has 0 radical (unpaired) electrons. The Morgan fingerprint density at radius 1 is 1.50 bits per heavy atom. The van der Waals surface area contributed by atoms with Gasteiger partial charge in [-0.05, 0) is 20.3 Å². The first-order valence-corrected chi connectivity index (χ1v) is 3.53. The lowest BCUT2D eigenvalue weighted by Crippen LogP contribution is -1.93. The summed E-state index contributed by atoms with van der Waals surface area (Å²) in [6, 6.07) is 0. The van der Waals surface area contributed by atoms with E-state index in [2.05, 4.69) is 11.2 Å². The summed E-state index contributed by atoms with van der Waals surface area (Å²) in [5.41, 5.74) is 2.09. The fraction of sp³-hybridized carbons (Fsp3) is 0.625. The van der Waals surface area contributed by atoms with Crippen molar-refractivity contribution in [2.75, 3.05) is 0 Å². The molecule has 0 saturated heterocycles. The monoisotopic (exact) mass is 141 g/mol. The van der Waals surface area contributed by atoms with E-state index in [1.807, 2.05) is 20.8 Å². The molecule has 0 aliphatic carbocycles. The zero-order valence-corrected chi connectivity index (χ0v) is 6.89. The molecule has 2 heteroatoms. The molecule has 0 aliphatic rings. The zero-order chi connectivity index (χ0) is 7.98. The molecule has 0 bridgehead atoms. The summed E-state index contributed by atoms with van der Waals surface area (Å²) in [7, 11) is 0. The van der Waals surface area contributed by atoms with E-state index >= 15 is 0 Å². The van der Waals surface area contributed by atoms with Crippen molar-refractivity contribution in [2.24, 2.45) is 5.16 Å². The third-order valence-electron chi connectivity index (χ3n) is 1.30. The molecule has 0 saturated carbocycles. The number of oxime groups is 1. The Morgan fingerprint density at radius 2 is 2.10 bits per heavy atom. The van der Waals surface area contributed by atoms with E-state index in [1.54, 1.807) is 0 Å². The van der Waals surface area contributed by atoms with Crippen LogP contribution in [0, 0.1) is 0 Å². The molecule has 0 aromatic heterocycles. The number of hydrogen-bond acceptors (Lipinski definition) is 2. The Balaban J connectivity index is 3.78. The molecular formula is C8H15NO. The summed E-state index contributed by atoms with van der Waals surface area (Å²) < 4.78 is 0. The van der Waals surface area contributed by atoms with E-state index in [0.29, 0.717) is 0 Å². The van der Waals surface area contributed by atoms with Crippen LogP contribution < -0.4 is 0 Å². The first kappa shape index (κ1) is 9.21. The lowest BCUT2D eigenvalue weighted by molar-refractivity contribution is 0.317. The van der Waals surface area contributed by atoms with Crippen molar-refractivity contribution in [1.29, 1.82) is 0 Å². The fourth-order valence-electron chi connectivity index (χ4n) is 0.578. The Labute approximate surface area is 62.2 Å². The minimum Gasteiger partial charge on any atom is -0.411 e. The summed E-state index contributed by atoms with van der Waals surface area (Å²) >= 11 is 0. The molecule has 0 aromatic carbocycles. The summed E-state index contributed by atoms with van der Waals surface area (Å²) in [5, 5.41) is 11.5. The lowest BCUT2D eigenvalue weighted by Gasteiger charge is -1.94. The van der Waals surface area contributed by atoms with Gasteiger partial charge >= 0.3 is 0 Å². The van der Waals surface area contributed by atoms with Crippen molar-refractivity contribution in [3.05, 3.63) is 11.6 Å². The molecule has 10 heavy (non-hydrogen) atoms. The normalized spacial score (nSPS) is 11.3. The summed E-state index contributed by atoms with van der Waals surface area (Å²) in [5.74, 6) is 0. The van der Waals surface area contributed by atoms with Crippen LogP contribution >= 0.6 is 0 Å². The van der Waals surface area contributed by atoms with E-state index in [4.69, 9.17) is 5.21 Å². The molecular weight excluding hydrogens is 126 g/mol. The molecule has 0 atom stereocenters. The third-order valence-corrected chi connectivity index (χ3v) is 1.30. The largest absolute Gasteiger partial charge is 0.411 e. The van der Waals surface area contributed by atoms with Gasteiger partial charge in [0.15, 0.2) is 0 Å². The molecule has 0 rings (SSSR count). The van der Waals surface area contributed by atoms with Gasteiger partial charge in [-0.15, -0.1) is 0 Å². The smallest absolute Gasteiger partial charge is 0.0605 e. The summed E-state index contributed by atoms with van der Waals surface area (Å²) in [6.45, 7) is 6.04. The SMILES string of the molecule is CC/C(CC=C(C)C)=N/O. The van der Waals surface area contributed by atoms with Gasteiger partial charge in [0.2, 0.25) is 0 Å². The van der Waals surface area contributed by atoms with Crippen LogP contribution in [0.1, 0.15) is 33.6 Å². The Kier molecular flexibility index (Phi) is 4.63. The van der Waals surface area contributed by atoms with Gasteiger partial charge < -0.3 is 5.21 Å². The minimum atomic E-state index is 0.773. The molecule has 58 valence electrons. The third kappa shape index (κ3) is 4.13. The van der Waals surface area contributed by atoms with Crippen molar-refractivity contribution in [3.8, 4) is 0 Å². The molecule has 0 amide bonds. The number of nitrogens with zero attached hydrogens (tertiary/aromatic N) is 1. The van der Waals surface area contributed by atoms with Gasteiger partial charge in [-0.1, -0.05) is 23.7 Å². The molecule has 0 fully saturated rings. The van der Waals surface area contributed by atoms with Gasteiger partial charge in [0.25, 0.3) is 0 Å². The molecule has 0 aliphatic heterocycles. The maximum absolute atomic E-state index is 8.40. The number of allylic oxidation sites excluding steroid dienone is 2. The Morgan fingerprint density at radius 3 is 2.40 bits per heavy atom. The second-order valence-electron chi connectivity index (χ2n) is 2.51. The van der Waals surface area contributed by atoms with E-state index in [-0.39, 0.29) is 0 Å². The predicted octanol–water partition coefficient (Wildman–Crippen LogP) is 2.58. The maximum Gasteiger partial charge on any atom is 0.0605 e. The van der Waals surface area contributed by atoms with E-state index < -0.39 is 0 Å². The highest BCUT2D eigenvalue weighted by atomic mass is 16.4. The molecule has 0 spiro atoms. The highest BCUT2D eigenvalue weighted by Crippen LogP contribution is 1.97. The van der Waals surface area contributed by atoms with Crippen molar-refractivity contribution in [3.63, 3.8) is 0 Å². The molecule has 0 heterocycles. The fourth-order valence-corrected chi connectivity index (χ4v) is 0.578. The van der Waals surface area contributed by atoms with Crippen LogP contribution in [0.3, 0.4) is 0 Å². The van der Waals surface area contributed by atoms with Gasteiger partial charge in [-0.2, -0.15) is 0 Å². The van der Waals surface area contributed by atoms with Gasteiger partial charge in [0.1, 0.15) is 0 Å². The zero-order valence-electron chi connectivity index (χ0n) is 6.89. The van der Waals surface area contributed by atoms with Crippen LogP contribution in [-0.4, -0.2) is 10.9 Å². The molecule has 0 aromatic rings. The first-order valence-electron chi connectivity index (χ1n) is 3.53. The van der Waals surface area contributed by atoms with Crippen molar-refractivity contribution < 1.29 is 5.21 Å². The van der Waals surface area contributed by atoms with Crippen LogP contribution in [0.4, 0.5) is 0 Å². The Bertz CT molecular complexity index is 143. The Hall–Kier alpha value is -0.790. The quantitative estimate of drug-likeness (QED) is 0.278. The highest BCUT2D eigenvalue weighted by Gasteiger charge is 1.91. The molecule has 2 nitrogen and oxygen atoms in total. The van der Waals surface area contributed by atoms with Crippen LogP contribution in [0.2, 0.25) is 0 Å².